The summed E-state index contributed by atoms with van der Waals surface area (Å²) in [6.45, 7) is 1.96. The number of benzene rings is 1. The Hall–Kier alpha value is -2.03. The molecule has 0 radical (unpaired) electrons. The minimum Gasteiger partial charge on any atom is -0.480 e. The predicted molar refractivity (Wildman–Crippen MR) is 64.8 cm³/mol. The van der Waals surface area contributed by atoms with Crippen molar-refractivity contribution in [2.75, 3.05) is 0 Å². The Balaban J connectivity index is 2.25. The summed E-state index contributed by atoms with van der Waals surface area (Å²) in [7, 11) is 0. The van der Waals surface area contributed by atoms with Gasteiger partial charge in [0.05, 0.1) is 11.4 Å². The molecule has 86 valence electrons. The van der Waals surface area contributed by atoms with Gasteiger partial charge in [0.2, 0.25) is 5.78 Å². The first kappa shape index (κ1) is 10.1. The number of carbonyl (C=O) groups excluding carboxylic acids is 1. The van der Waals surface area contributed by atoms with E-state index in [-0.39, 0.29) is 11.9 Å². The summed E-state index contributed by atoms with van der Waals surface area (Å²) in [5, 5.41) is 0. The molecule has 0 saturated carbocycles. The zero-order valence-electron chi connectivity index (χ0n) is 9.59. The highest BCUT2D eigenvalue weighted by molar-refractivity contribution is 5.99. The molecule has 0 unspecified atom stereocenters. The zero-order chi connectivity index (χ0) is 11.8. The smallest absolute Gasteiger partial charge is 0.219 e. The molecule has 2 heterocycles. The van der Waals surface area contributed by atoms with Gasteiger partial charge in [0.1, 0.15) is 5.75 Å². The predicted octanol–water partition coefficient (Wildman–Crippen LogP) is 2.83. The number of hydrogen-bond acceptors (Lipinski definition) is 2. The lowest BCUT2D eigenvalue weighted by Gasteiger charge is -2.13. The lowest BCUT2D eigenvalue weighted by Crippen LogP contribution is -2.25. The van der Waals surface area contributed by atoms with Crippen LogP contribution in [0.3, 0.4) is 0 Å². The van der Waals surface area contributed by atoms with Gasteiger partial charge in [0, 0.05) is 6.20 Å². The van der Waals surface area contributed by atoms with Crippen molar-refractivity contribution in [3.63, 3.8) is 0 Å². The molecule has 0 saturated heterocycles. The number of hydrogen-bond donors (Lipinski definition) is 0. The van der Waals surface area contributed by atoms with Crippen LogP contribution in [0.15, 0.2) is 42.6 Å². The molecule has 17 heavy (non-hydrogen) atoms. The minimum atomic E-state index is -0.382. The molecule has 0 N–H and O–H groups in total. The lowest BCUT2D eigenvalue weighted by molar-refractivity contribution is 0.0790. The van der Waals surface area contributed by atoms with Gasteiger partial charge in [-0.3, -0.25) is 4.79 Å². The van der Waals surface area contributed by atoms with E-state index in [2.05, 4.69) is 0 Å². The Labute approximate surface area is 99.6 Å². The molecule has 0 bridgehead atoms. The van der Waals surface area contributed by atoms with Crippen molar-refractivity contribution in [2.24, 2.45) is 0 Å². The normalized spacial score (nSPS) is 17.9. The molecule has 0 fully saturated rings. The number of ketones is 1. The highest BCUT2D eigenvalue weighted by Crippen LogP contribution is 2.30. The Kier molecular flexibility index (Phi) is 2.25. The third-order valence-electron chi connectivity index (χ3n) is 3.06. The van der Waals surface area contributed by atoms with Gasteiger partial charge in [0.25, 0.3) is 0 Å². The molecular formula is C14H13NO2. The summed E-state index contributed by atoms with van der Waals surface area (Å²) >= 11 is 0. The van der Waals surface area contributed by atoms with Crippen LogP contribution in [-0.4, -0.2) is 16.5 Å². The maximum atomic E-state index is 12.3. The fourth-order valence-electron chi connectivity index (χ4n) is 2.19. The number of aromatic nitrogens is 1. The number of carbonyl (C=O) groups is 1. The first-order valence-corrected chi connectivity index (χ1v) is 5.79. The fourth-order valence-corrected chi connectivity index (χ4v) is 2.19. The van der Waals surface area contributed by atoms with Crippen LogP contribution in [0.25, 0.3) is 5.69 Å². The molecule has 1 aromatic carbocycles. The lowest BCUT2D eigenvalue weighted by atomic mass is 10.1. The molecule has 1 aliphatic heterocycles. The molecule has 3 nitrogen and oxygen atoms in total. The van der Waals surface area contributed by atoms with Crippen LogP contribution in [-0.2, 0) is 0 Å². The van der Waals surface area contributed by atoms with E-state index >= 15 is 0 Å². The van der Waals surface area contributed by atoms with Crippen molar-refractivity contribution in [1.29, 1.82) is 0 Å². The minimum absolute atomic E-state index is 0.0497. The van der Waals surface area contributed by atoms with Crippen LogP contribution >= 0.6 is 0 Å². The van der Waals surface area contributed by atoms with Crippen molar-refractivity contribution in [2.45, 2.75) is 19.4 Å². The average molecular weight is 227 g/mol. The number of nitrogens with zero attached hydrogens (tertiary/aromatic N) is 1. The van der Waals surface area contributed by atoms with E-state index in [0.717, 1.165) is 11.4 Å². The van der Waals surface area contributed by atoms with E-state index in [9.17, 15) is 4.79 Å². The van der Waals surface area contributed by atoms with E-state index in [1.54, 1.807) is 0 Å². The fraction of sp³-hybridized carbons (Fsp3) is 0.214. The van der Waals surface area contributed by atoms with E-state index in [0.29, 0.717) is 12.1 Å². The first-order chi connectivity index (χ1) is 8.31. The molecule has 1 aromatic heterocycles. The van der Waals surface area contributed by atoms with E-state index in [1.165, 1.54) is 0 Å². The second-order valence-corrected chi connectivity index (χ2v) is 4.11. The maximum Gasteiger partial charge on any atom is 0.219 e. The van der Waals surface area contributed by atoms with Crippen LogP contribution in [0.1, 0.15) is 23.8 Å². The molecule has 0 spiro atoms. The number of ether oxygens (including phenoxy) is 1. The van der Waals surface area contributed by atoms with E-state index < -0.39 is 0 Å². The maximum absolute atomic E-state index is 12.3. The van der Waals surface area contributed by atoms with Gasteiger partial charge < -0.3 is 9.30 Å². The summed E-state index contributed by atoms with van der Waals surface area (Å²) in [6, 6.07) is 11.5. The molecular weight excluding hydrogens is 214 g/mol. The van der Waals surface area contributed by atoms with Crippen LogP contribution in [0, 0.1) is 0 Å². The van der Waals surface area contributed by atoms with Gasteiger partial charge in [-0.1, -0.05) is 19.1 Å². The summed E-state index contributed by atoms with van der Waals surface area (Å²) in [5.41, 5.74) is 1.62. The Bertz CT molecular complexity index is 571. The van der Waals surface area contributed by atoms with Gasteiger partial charge in [-0.05, 0) is 30.7 Å². The van der Waals surface area contributed by atoms with E-state index in [1.807, 2.05) is 54.1 Å². The molecule has 3 rings (SSSR count). The Morgan fingerprint density at radius 2 is 2.06 bits per heavy atom. The number of Topliss-reactive ketones (excluding diaryl/α,β-unsaturated/α-hetero) is 1. The highest BCUT2D eigenvalue weighted by Gasteiger charge is 2.27. The van der Waals surface area contributed by atoms with Gasteiger partial charge in [-0.2, -0.15) is 0 Å². The quantitative estimate of drug-likeness (QED) is 0.750. The van der Waals surface area contributed by atoms with Crippen molar-refractivity contribution in [3.05, 3.63) is 48.3 Å². The number of rotatable bonds is 1. The van der Waals surface area contributed by atoms with Crippen LogP contribution in [0.2, 0.25) is 0 Å². The Morgan fingerprint density at radius 3 is 2.88 bits per heavy atom. The van der Waals surface area contributed by atoms with Crippen LogP contribution < -0.4 is 4.74 Å². The van der Waals surface area contributed by atoms with Crippen molar-refractivity contribution < 1.29 is 9.53 Å². The molecule has 1 aliphatic rings. The SMILES string of the molecule is CC[C@@H]1Oc2ccccc2-n2cccc2C1=O. The average Bonchev–Trinajstić information content (AvgIpc) is 2.80. The van der Waals surface area contributed by atoms with Gasteiger partial charge >= 0.3 is 0 Å². The Morgan fingerprint density at radius 1 is 1.24 bits per heavy atom. The third-order valence-corrected chi connectivity index (χ3v) is 3.06. The van der Waals surface area contributed by atoms with Crippen molar-refractivity contribution in [1.82, 2.24) is 4.57 Å². The zero-order valence-corrected chi connectivity index (χ0v) is 9.59. The molecule has 3 heteroatoms. The van der Waals surface area contributed by atoms with Crippen LogP contribution in [0.4, 0.5) is 0 Å². The van der Waals surface area contributed by atoms with Crippen molar-refractivity contribution in [3.8, 4) is 11.4 Å². The monoisotopic (exact) mass is 227 g/mol. The summed E-state index contributed by atoms with van der Waals surface area (Å²) in [6.07, 6.45) is 2.19. The van der Waals surface area contributed by atoms with Gasteiger partial charge in [-0.15, -0.1) is 0 Å². The van der Waals surface area contributed by atoms with Crippen LogP contribution in [0.5, 0.6) is 5.75 Å². The third kappa shape index (κ3) is 1.46. The largest absolute Gasteiger partial charge is 0.480 e. The summed E-state index contributed by atoms with van der Waals surface area (Å²) < 4.78 is 7.68. The van der Waals surface area contributed by atoms with Crippen molar-refractivity contribution >= 4 is 5.78 Å². The second kappa shape index (κ2) is 3.77. The standard InChI is InChI=1S/C14H13NO2/c1-2-12-14(16)11-7-5-9-15(11)10-6-3-4-8-13(10)17-12/h3-9,12H,2H2,1H3/t12-/m0/s1. The van der Waals surface area contributed by atoms with E-state index in [4.69, 9.17) is 4.74 Å². The van der Waals surface area contributed by atoms with Gasteiger partial charge in [-0.25, -0.2) is 0 Å². The summed E-state index contributed by atoms with van der Waals surface area (Å²) in [4.78, 5) is 12.3. The molecule has 0 amide bonds. The molecule has 1 atom stereocenters. The van der Waals surface area contributed by atoms with Gasteiger partial charge in [0.15, 0.2) is 6.10 Å². The first-order valence-electron chi connectivity index (χ1n) is 5.79. The molecule has 2 aromatic rings. The highest BCUT2D eigenvalue weighted by atomic mass is 16.5. The molecule has 0 aliphatic carbocycles. The summed E-state index contributed by atoms with van der Waals surface area (Å²) in [5.74, 6) is 0.816. The second-order valence-electron chi connectivity index (χ2n) is 4.11. The topological polar surface area (TPSA) is 31.2 Å². The number of para-hydroxylation sites is 2. The number of fused-ring (bicyclic) bond motifs is 3.